The van der Waals surface area contributed by atoms with E-state index in [-0.39, 0.29) is 18.1 Å². The van der Waals surface area contributed by atoms with Crippen molar-refractivity contribution >= 4 is 24.0 Å². The van der Waals surface area contributed by atoms with Crippen LogP contribution in [-0.4, -0.2) is 16.6 Å². The predicted molar refractivity (Wildman–Crippen MR) is 46.5 cm³/mol. The van der Waals surface area contributed by atoms with Gasteiger partial charge in [-0.1, -0.05) is 6.07 Å². The highest BCUT2D eigenvalue weighted by Gasteiger charge is 2.10. The molecule has 0 unspecified atom stereocenters. The first kappa shape index (κ1) is 10.8. The summed E-state index contributed by atoms with van der Waals surface area (Å²) < 4.78 is 0. The zero-order valence-electron chi connectivity index (χ0n) is 6.48. The Balaban J connectivity index is 0.00000121. The maximum atomic E-state index is 10.9. The van der Waals surface area contributed by atoms with Gasteiger partial charge in [0.2, 0.25) is 11.6 Å². The number of hydrogen-bond donors (Lipinski definition) is 0. The summed E-state index contributed by atoms with van der Waals surface area (Å²) >= 11 is 0. The molecule has 0 aliphatic carbocycles. The second-order valence-electron chi connectivity index (χ2n) is 2.10. The molecule has 1 rings (SSSR count). The van der Waals surface area contributed by atoms with Crippen molar-refractivity contribution in [2.24, 2.45) is 0 Å². The summed E-state index contributed by atoms with van der Waals surface area (Å²) in [5.41, 5.74) is 0.208. The van der Waals surface area contributed by atoms with Gasteiger partial charge in [-0.25, -0.2) is 0 Å². The Morgan fingerprint density at radius 1 is 1.33 bits per heavy atom. The summed E-state index contributed by atoms with van der Waals surface area (Å²) in [6.45, 7) is 1.23. The third-order valence-corrected chi connectivity index (χ3v) is 1.22. The van der Waals surface area contributed by atoms with Gasteiger partial charge in [0.25, 0.3) is 0 Å². The summed E-state index contributed by atoms with van der Waals surface area (Å²) in [5, 5.41) is 0. The van der Waals surface area contributed by atoms with Crippen LogP contribution in [0.5, 0.6) is 0 Å². The minimum atomic E-state index is -0.536. The van der Waals surface area contributed by atoms with Crippen LogP contribution in [0, 0.1) is 0 Å². The highest BCUT2D eigenvalue weighted by molar-refractivity contribution is 6.42. The van der Waals surface area contributed by atoms with Crippen LogP contribution in [0.15, 0.2) is 24.4 Å². The molecule has 1 aromatic rings. The van der Waals surface area contributed by atoms with Crippen molar-refractivity contribution in [1.29, 1.82) is 0 Å². The molecular formula is C8H8ClNO2. The summed E-state index contributed by atoms with van der Waals surface area (Å²) in [5.74, 6) is -1.02. The monoisotopic (exact) mass is 185 g/mol. The van der Waals surface area contributed by atoms with Crippen LogP contribution in [-0.2, 0) is 4.79 Å². The first-order valence-corrected chi connectivity index (χ1v) is 3.18. The lowest BCUT2D eigenvalue weighted by molar-refractivity contribution is -0.113. The third kappa shape index (κ3) is 2.43. The van der Waals surface area contributed by atoms with Gasteiger partial charge < -0.3 is 0 Å². The molecule has 0 aliphatic rings. The first-order valence-electron chi connectivity index (χ1n) is 3.18. The fourth-order valence-electron chi connectivity index (χ4n) is 0.677. The number of carbonyl (C=O) groups is 2. The molecule has 1 heterocycles. The number of halogens is 1. The smallest absolute Gasteiger partial charge is 0.246 e. The van der Waals surface area contributed by atoms with E-state index in [9.17, 15) is 9.59 Å². The fourth-order valence-corrected chi connectivity index (χ4v) is 0.677. The van der Waals surface area contributed by atoms with E-state index in [0.29, 0.717) is 0 Å². The quantitative estimate of drug-likeness (QED) is 0.515. The van der Waals surface area contributed by atoms with E-state index >= 15 is 0 Å². The number of ketones is 2. The van der Waals surface area contributed by atoms with Crippen molar-refractivity contribution in [3.05, 3.63) is 30.1 Å². The van der Waals surface area contributed by atoms with E-state index in [2.05, 4.69) is 4.98 Å². The number of pyridine rings is 1. The molecule has 0 radical (unpaired) electrons. The topological polar surface area (TPSA) is 47.0 Å². The summed E-state index contributed by atoms with van der Waals surface area (Å²) in [6.07, 6.45) is 1.48. The highest BCUT2D eigenvalue weighted by Crippen LogP contribution is 1.94. The Hall–Kier alpha value is -1.22. The Morgan fingerprint density at radius 2 is 2.00 bits per heavy atom. The van der Waals surface area contributed by atoms with Gasteiger partial charge in [0.15, 0.2) is 0 Å². The molecule has 0 atom stereocenters. The second-order valence-corrected chi connectivity index (χ2v) is 2.10. The van der Waals surface area contributed by atoms with Crippen molar-refractivity contribution in [1.82, 2.24) is 4.98 Å². The summed E-state index contributed by atoms with van der Waals surface area (Å²) in [6, 6.07) is 4.88. The molecule has 0 spiro atoms. The molecule has 0 aliphatic heterocycles. The SMILES string of the molecule is CC(=O)C(=O)c1ccccn1.Cl. The van der Waals surface area contributed by atoms with E-state index < -0.39 is 11.6 Å². The average molecular weight is 186 g/mol. The molecule has 12 heavy (non-hydrogen) atoms. The zero-order chi connectivity index (χ0) is 8.27. The average Bonchev–Trinajstić information content (AvgIpc) is 2.05. The van der Waals surface area contributed by atoms with Crippen LogP contribution in [0.1, 0.15) is 17.4 Å². The van der Waals surface area contributed by atoms with Gasteiger partial charge in [0.1, 0.15) is 5.69 Å². The number of nitrogens with zero attached hydrogens (tertiary/aromatic N) is 1. The van der Waals surface area contributed by atoms with Crippen molar-refractivity contribution in [3.8, 4) is 0 Å². The lowest BCUT2D eigenvalue weighted by atomic mass is 10.2. The van der Waals surface area contributed by atoms with E-state index in [1.54, 1.807) is 12.1 Å². The second kappa shape index (κ2) is 4.62. The number of rotatable bonds is 2. The minimum Gasteiger partial charge on any atom is -0.291 e. The van der Waals surface area contributed by atoms with Crippen molar-refractivity contribution in [2.75, 3.05) is 0 Å². The summed E-state index contributed by atoms with van der Waals surface area (Å²) in [7, 11) is 0. The Bertz CT molecular complexity index is 284. The van der Waals surface area contributed by atoms with Crippen molar-refractivity contribution in [2.45, 2.75) is 6.92 Å². The molecule has 1 aromatic heterocycles. The van der Waals surface area contributed by atoms with Crippen LogP contribution < -0.4 is 0 Å². The first-order chi connectivity index (χ1) is 5.22. The predicted octanol–water partition coefficient (Wildman–Crippen LogP) is 1.28. The molecule has 0 saturated heterocycles. The minimum absolute atomic E-state index is 0. The van der Waals surface area contributed by atoms with E-state index in [4.69, 9.17) is 0 Å². The maximum Gasteiger partial charge on any atom is 0.246 e. The van der Waals surface area contributed by atoms with Gasteiger partial charge >= 0.3 is 0 Å². The normalized spacial score (nSPS) is 8.42. The number of hydrogen-bond acceptors (Lipinski definition) is 3. The Kier molecular flexibility index (Phi) is 4.15. The van der Waals surface area contributed by atoms with E-state index in [0.717, 1.165) is 0 Å². The van der Waals surface area contributed by atoms with Gasteiger partial charge in [-0.3, -0.25) is 14.6 Å². The third-order valence-electron chi connectivity index (χ3n) is 1.22. The fraction of sp³-hybridized carbons (Fsp3) is 0.125. The standard InChI is InChI=1S/C8H7NO2.ClH/c1-6(10)8(11)7-4-2-3-5-9-7;/h2-5H,1H3;1H. The van der Waals surface area contributed by atoms with Gasteiger partial charge in [-0.2, -0.15) is 0 Å². The molecule has 0 aromatic carbocycles. The maximum absolute atomic E-state index is 10.9. The van der Waals surface area contributed by atoms with Crippen molar-refractivity contribution in [3.63, 3.8) is 0 Å². The van der Waals surface area contributed by atoms with Gasteiger partial charge in [0, 0.05) is 13.1 Å². The number of aromatic nitrogens is 1. The Morgan fingerprint density at radius 3 is 2.42 bits per heavy atom. The molecule has 0 fully saturated rings. The van der Waals surface area contributed by atoms with Gasteiger partial charge in [0.05, 0.1) is 0 Å². The number of Topliss-reactive ketones (excluding diaryl/α,β-unsaturated/α-hetero) is 2. The largest absolute Gasteiger partial charge is 0.291 e. The molecule has 64 valence electrons. The van der Waals surface area contributed by atoms with Crippen LogP contribution >= 0.6 is 12.4 Å². The van der Waals surface area contributed by atoms with Crippen LogP contribution in [0.3, 0.4) is 0 Å². The number of carbonyl (C=O) groups excluding carboxylic acids is 2. The lowest BCUT2D eigenvalue weighted by Gasteiger charge is -1.92. The summed E-state index contributed by atoms with van der Waals surface area (Å²) in [4.78, 5) is 25.2. The lowest BCUT2D eigenvalue weighted by Crippen LogP contribution is -2.10. The van der Waals surface area contributed by atoms with Crippen LogP contribution in [0.2, 0.25) is 0 Å². The highest BCUT2D eigenvalue weighted by atomic mass is 35.5. The van der Waals surface area contributed by atoms with Gasteiger partial charge in [-0.15, -0.1) is 12.4 Å². The van der Waals surface area contributed by atoms with E-state index in [1.165, 1.54) is 19.2 Å². The Labute approximate surface area is 76.2 Å². The van der Waals surface area contributed by atoms with Gasteiger partial charge in [-0.05, 0) is 12.1 Å². The molecular weight excluding hydrogens is 178 g/mol. The molecule has 0 saturated carbocycles. The molecule has 0 N–H and O–H groups in total. The molecule has 0 amide bonds. The van der Waals surface area contributed by atoms with Crippen LogP contribution in [0.4, 0.5) is 0 Å². The van der Waals surface area contributed by atoms with E-state index in [1.807, 2.05) is 0 Å². The molecule has 0 bridgehead atoms. The van der Waals surface area contributed by atoms with Crippen LogP contribution in [0.25, 0.3) is 0 Å². The van der Waals surface area contributed by atoms with Crippen molar-refractivity contribution < 1.29 is 9.59 Å². The molecule has 4 heteroatoms. The zero-order valence-corrected chi connectivity index (χ0v) is 7.30. The molecule has 3 nitrogen and oxygen atoms in total.